The zero-order chi connectivity index (χ0) is 18.2. The van der Waals surface area contributed by atoms with Gasteiger partial charge < -0.3 is 10.1 Å². The average molecular weight is 366 g/mol. The minimum Gasteiger partial charge on any atom is -0.485 e. The highest BCUT2D eigenvalue weighted by Gasteiger charge is 2.11. The molecule has 0 unspecified atom stereocenters. The number of aromatic nitrogens is 1. The topological polar surface area (TPSA) is 68.3 Å². The van der Waals surface area contributed by atoms with Crippen molar-refractivity contribution in [3.63, 3.8) is 0 Å². The predicted molar refractivity (Wildman–Crippen MR) is 102 cm³/mol. The molecule has 0 bridgehead atoms. The first kappa shape index (κ1) is 17.8. The molecule has 0 spiro atoms. The molecule has 3 aromatic rings. The van der Waals surface area contributed by atoms with Gasteiger partial charge in [0, 0.05) is 23.8 Å². The fourth-order valence-electron chi connectivity index (χ4n) is 2.36. The molecule has 132 valence electrons. The van der Waals surface area contributed by atoms with Crippen molar-refractivity contribution in [3.8, 4) is 5.75 Å². The zero-order valence-electron chi connectivity index (χ0n) is 14.1. The molecule has 0 fully saturated rings. The molecule has 2 aromatic carbocycles. The molecule has 1 heterocycles. The van der Waals surface area contributed by atoms with E-state index >= 15 is 0 Å². The molecule has 0 saturated heterocycles. The van der Waals surface area contributed by atoms with Gasteiger partial charge in [-0.2, -0.15) is 0 Å². The van der Waals surface area contributed by atoms with Crippen LogP contribution < -0.4 is 10.1 Å². The summed E-state index contributed by atoms with van der Waals surface area (Å²) in [6.45, 7) is 0.336. The van der Waals surface area contributed by atoms with Gasteiger partial charge in [-0.1, -0.05) is 42.5 Å². The van der Waals surface area contributed by atoms with Crippen molar-refractivity contribution in [2.24, 2.45) is 0 Å². The van der Waals surface area contributed by atoms with Gasteiger partial charge in [0.05, 0.1) is 16.9 Å². The second-order valence-electron chi connectivity index (χ2n) is 5.60. The smallest absolute Gasteiger partial charge is 0.224 e. The number of hydrogen-bond acceptors (Lipinski definition) is 5. The van der Waals surface area contributed by atoms with Crippen molar-refractivity contribution >= 4 is 28.7 Å². The molecule has 0 atom stereocenters. The van der Waals surface area contributed by atoms with Crippen LogP contribution in [0.1, 0.15) is 28.9 Å². The lowest BCUT2D eigenvalue weighted by molar-refractivity contribution is -0.116. The Bertz CT molecular complexity index is 864. The summed E-state index contributed by atoms with van der Waals surface area (Å²) in [5.41, 5.74) is 3.78. The average Bonchev–Trinajstić information content (AvgIpc) is 3.20. The van der Waals surface area contributed by atoms with E-state index in [9.17, 15) is 9.59 Å². The lowest BCUT2D eigenvalue weighted by atomic mass is 10.1. The van der Waals surface area contributed by atoms with Gasteiger partial charge in [-0.05, 0) is 12.1 Å². The van der Waals surface area contributed by atoms with E-state index in [2.05, 4.69) is 10.3 Å². The third-order valence-electron chi connectivity index (χ3n) is 3.70. The van der Waals surface area contributed by atoms with Crippen LogP contribution in [-0.2, 0) is 11.4 Å². The number of ether oxygens (including phenoxy) is 1. The number of thiazole rings is 1. The lowest BCUT2D eigenvalue weighted by Crippen LogP contribution is -2.14. The summed E-state index contributed by atoms with van der Waals surface area (Å²) in [5, 5.41) is 4.73. The Morgan fingerprint density at radius 3 is 2.54 bits per heavy atom. The maximum atomic E-state index is 12.2. The molecule has 1 aromatic heterocycles. The number of benzene rings is 2. The van der Waals surface area contributed by atoms with Crippen molar-refractivity contribution in [1.82, 2.24) is 4.98 Å². The Balaban J connectivity index is 1.54. The number of carbonyl (C=O) groups is 2. The SMILES string of the molecule is O=C(CCC(=O)c1ccccc1)Nc1ccccc1OCc1cscn1. The Labute approximate surface area is 155 Å². The highest BCUT2D eigenvalue weighted by Crippen LogP contribution is 2.25. The molecule has 0 saturated carbocycles. The summed E-state index contributed by atoms with van der Waals surface area (Å²) in [6.07, 6.45) is 0.284. The Kier molecular flexibility index (Phi) is 6.11. The molecule has 0 aliphatic heterocycles. The third-order valence-corrected chi connectivity index (χ3v) is 4.33. The van der Waals surface area contributed by atoms with Crippen LogP contribution in [-0.4, -0.2) is 16.7 Å². The van der Waals surface area contributed by atoms with E-state index in [1.807, 2.05) is 35.7 Å². The first-order valence-corrected chi connectivity index (χ1v) is 9.13. The molecular weight excluding hydrogens is 348 g/mol. The number of nitrogens with zero attached hydrogens (tertiary/aromatic N) is 1. The Morgan fingerprint density at radius 2 is 1.77 bits per heavy atom. The van der Waals surface area contributed by atoms with Crippen LogP contribution in [0.25, 0.3) is 0 Å². The van der Waals surface area contributed by atoms with Crippen molar-refractivity contribution in [1.29, 1.82) is 0 Å². The normalized spacial score (nSPS) is 10.3. The number of nitrogens with one attached hydrogen (secondary N) is 1. The molecule has 0 radical (unpaired) electrons. The van der Waals surface area contributed by atoms with Crippen LogP contribution in [0.15, 0.2) is 65.5 Å². The van der Waals surface area contributed by atoms with E-state index in [4.69, 9.17) is 4.74 Å². The summed E-state index contributed by atoms with van der Waals surface area (Å²) in [7, 11) is 0. The number of rotatable bonds is 8. The number of para-hydroxylation sites is 2. The summed E-state index contributed by atoms with van der Waals surface area (Å²) in [4.78, 5) is 28.5. The number of carbonyl (C=O) groups excluding carboxylic acids is 2. The van der Waals surface area contributed by atoms with Crippen LogP contribution in [0.2, 0.25) is 0 Å². The van der Waals surface area contributed by atoms with Gasteiger partial charge in [0.25, 0.3) is 0 Å². The highest BCUT2D eigenvalue weighted by molar-refractivity contribution is 7.07. The standard InChI is InChI=1S/C20H18N2O3S/c23-18(15-6-2-1-3-7-15)10-11-20(24)22-17-8-4-5-9-19(17)25-12-16-13-26-14-21-16/h1-9,13-14H,10-12H2,(H,22,24). The van der Waals surface area contributed by atoms with Crippen LogP contribution in [0.3, 0.4) is 0 Å². The summed E-state index contributed by atoms with van der Waals surface area (Å²) in [5.74, 6) is 0.302. The molecule has 1 amide bonds. The quantitative estimate of drug-likeness (QED) is 0.603. The second kappa shape index (κ2) is 8.92. The number of ketones is 1. The summed E-state index contributed by atoms with van der Waals surface area (Å²) < 4.78 is 5.74. The maximum absolute atomic E-state index is 12.2. The molecule has 0 aliphatic carbocycles. The van der Waals surface area contributed by atoms with E-state index < -0.39 is 0 Å². The minimum atomic E-state index is -0.223. The third kappa shape index (κ3) is 5.00. The summed E-state index contributed by atoms with van der Waals surface area (Å²) in [6, 6.07) is 16.2. The van der Waals surface area contributed by atoms with Crippen LogP contribution in [0.4, 0.5) is 5.69 Å². The molecule has 1 N–H and O–H groups in total. The van der Waals surface area contributed by atoms with E-state index in [1.54, 1.807) is 29.8 Å². The summed E-state index contributed by atoms with van der Waals surface area (Å²) >= 11 is 1.50. The predicted octanol–water partition coefficient (Wildman–Crippen LogP) is 4.32. The van der Waals surface area contributed by atoms with Gasteiger partial charge in [-0.25, -0.2) is 4.98 Å². The Morgan fingerprint density at radius 1 is 1.00 bits per heavy atom. The van der Waals surface area contributed by atoms with Gasteiger partial charge in [-0.3, -0.25) is 9.59 Å². The van der Waals surface area contributed by atoms with Gasteiger partial charge in [0.2, 0.25) is 5.91 Å². The van der Waals surface area contributed by atoms with Crippen molar-refractivity contribution in [2.45, 2.75) is 19.4 Å². The second-order valence-corrected chi connectivity index (χ2v) is 6.32. The molecule has 26 heavy (non-hydrogen) atoms. The van der Waals surface area contributed by atoms with E-state index in [0.717, 1.165) is 5.69 Å². The van der Waals surface area contributed by atoms with Gasteiger partial charge >= 0.3 is 0 Å². The van der Waals surface area contributed by atoms with E-state index in [-0.39, 0.29) is 24.5 Å². The maximum Gasteiger partial charge on any atom is 0.224 e. The largest absolute Gasteiger partial charge is 0.485 e. The molecular formula is C20H18N2O3S. The van der Waals surface area contributed by atoms with E-state index in [1.165, 1.54) is 11.3 Å². The Hall–Kier alpha value is -2.99. The van der Waals surface area contributed by atoms with Crippen molar-refractivity contribution < 1.29 is 14.3 Å². The number of Topliss-reactive ketones (excluding diaryl/α,β-unsaturated/α-hetero) is 1. The fourth-order valence-corrected chi connectivity index (χ4v) is 2.91. The lowest BCUT2D eigenvalue weighted by Gasteiger charge is -2.11. The van der Waals surface area contributed by atoms with Gasteiger partial charge in [0.15, 0.2) is 5.78 Å². The van der Waals surface area contributed by atoms with Crippen LogP contribution >= 0.6 is 11.3 Å². The monoisotopic (exact) mass is 366 g/mol. The van der Waals surface area contributed by atoms with E-state index in [0.29, 0.717) is 23.6 Å². The van der Waals surface area contributed by atoms with Crippen LogP contribution in [0, 0.1) is 0 Å². The van der Waals surface area contributed by atoms with Crippen molar-refractivity contribution in [3.05, 3.63) is 76.7 Å². The highest BCUT2D eigenvalue weighted by atomic mass is 32.1. The molecule has 6 heteroatoms. The van der Waals surface area contributed by atoms with Crippen molar-refractivity contribution in [2.75, 3.05) is 5.32 Å². The first-order chi connectivity index (χ1) is 12.7. The van der Waals surface area contributed by atoms with Crippen LogP contribution in [0.5, 0.6) is 5.75 Å². The zero-order valence-corrected chi connectivity index (χ0v) is 14.9. The number of anilines is 1. The number of hydrogen-bond donors (Lipinski definition) is 1. The minimum absolute atomic E-state index is 0.0474. The van der Waals surface area contributed by atoms with Gasteiger partial charge in [-0.15, -0.1) is 11.3 Å². The number of amides is 1. The fraction of sp³-hybridized carbons (Fsp3) is 0.150. The first-order valence-electron chi connectivity index (χ1n) is 8.19. The molecule has 3 rings (SSSR count). The molecule has 5 nitrogen and oxygen atoms in total. The molecule has 0 aliphatic rings. The van der Waals surface area contributed by atoms with Gasteiger partial charge in [0.1, 0.15) is 12.4 Å².